The molecule has 2 amide bonds. The van der Waals surface area contributed by atoms with E-state index in [1.165, 1.54) is 0 Å². The highest BCUT2D eigenvalue weighted by atomic mass is 16.2. The zero-order valence-corrected chi connectivity index (χ0v) is 11.7. The summed E-state index contributed by atoms with van der Waals surface area (Å²) in [5, 5.41) is 5.66. The van der Waals surface area contributed by atoms with Gasteiger partial charge in [0.2, 0.25) is 0 Å². The van der Waals surface area contributed by atoms with Crippen LogP contribution in [-0.4, -0.2) is 26.6 Å². The van der Waals surface area contributed by atoms with Crippen LogP contribution in [0.25, 0.3) is 5.82 Å². The van der Waals surface area contributed by atoms with Crippen LogP contribution in [0, 0.1) is 0 Å². The molecule has 106 valence electrons. The lowest BCUT2D eigenvalue weighted by atomic mass is 10.2. The first-order valence-electron chi connectivity index (χ1n) is 6.66. The Balaban J connectivity index is 1.87. The summed E-state index contributed by atoms with van der Waals surface area (Å²) >= 11 is 0. The van der Waals surface area contributed by atoms with Crippen molar-refractivity contribution in [3.05, 3.63) is 42.6 Å². The first-order chi connectivity index (χ1) is 9.69. The van der Waals surface area contributed by atoms with Crippen molar-refractivity contribution >= 4 is 6.03 Å². The van der Waals surface area contributed by atoms with Gasteiger partial charge in [0.1, 0.15) is 12.1 Å². The van der Waals surface area contributed by atoms with Gasteiger partial charge in [-0.25, -0.2) is 14.8 Å². The Morgan fingerprint density at radius 3 is 2.90 bits per heavy atom. The first kappa shape index (κ1) is 14.0. The molecule has 0 aliphatic carbocycles. The van der Waals surface area contributed by atoms with Gasteiger partial charge in [0.05, 0.1) is 0 Å². The number of carbonyl (C=O) groups is 1. The zero-order chi connectivity index (χ0) is 14.4. The number of aromatic nitrogens is 3. The van der Waals surface area contributed by atoms with E-state index in [-0.39, 0.29) is 12.1 Å². The topological polar surface area (TPSA) is 71.8 Å². The zero-order valence-electron chi connectivity index (χ0n) is 11.7. The number of urea groups is 1. The van der Waals surface area contributed by atoms with Crippen LogP contribution < -0.4 is 10.6 Å². The summed E-state index contributed by atoms with van der Waals surface area (Å²) in [5.74, 6) is 0.801. The number of pyridine rings is 1. The van der Waals surface area contributed by atoms with Crippen molar-refractivity contribution in [2.75, 3.05) is 0 Å². The van der Waals surface area contributed by atoms with Crippen LogP contribution in [0.3, 0.4) is 0 Å². The van der Waals surface area contributed by atoms with Gasteiger partial charge >= 0.3 is 6.03 Å². The lowest BCUT2D eigenvalue weighted by Gasteiger charge is -2.12. The van der Waals surface area contributed by atoms with Gasteiger partial charge in [0, 0.05) is 31.2 Å². The van der Waals surface area contributed by atoms with E-state index in [1.807, 2.05) is 36.7 Å². The summed E-state index contributed by atoms with van der Waals surface area (Å²) in [7, 11) is 0. The van der Waals surface area contributed by atoms with Crippen LogP contribution >= 0.6 is 0 Å². The molecule has 0 saturated carbocycles. The number of hydrogen-bond acceptors (Lipinski definition) is 3. The molecule has 2 rings (SSSR count). The quantitative estimate of drug-likeness (QED) is 0.873. The maximum Gasteiger partial charge on any atom is 0.315 e. The Labute approximate surface area is 118 Å². The number of nitrogens with one attached hydrogen (secondary N) is 2. The molecule has 0 bridgehead atoms. The molecule has 2 heterocycles. The average molecular weight is 273 g/mol. The van der Waals surface area contributed by atoms with E-state index in [4.69, 9.17) is 0 Å². The number of carbonyl (C=O) groups excluding carboxylic acids is 1. The minimum Gasteiger partial charge on any atom is -0.336 e. The molecule has 0 aromatic carbocycles. The van der Waals surface area contributed by atoms with E-state index in [2.05, 4.69) is 20.6 Å². The van der Waals surface area contributed by atoms with Crippen molar-refractivity contribution in [3.8, 4) is 5.82 Å². The van der Waals surface area contributed by atoms with Gasteiger partial charge < -0.3 is 10.6 Å². The molecule has 0 saturated heterocycles. The lowest BCUT2D eigenvalue weighted by Crippen LogP contribution is -2.40. The molecule has 20 heavy (non-hydrogen) atoms. The van der Waals surface area contributed by atoms with E-state index >= 15 is 0 Å². The van der Waals surface area contributed by atoms with Gasteiger partial charge in [-0.05, 0) is 25.0 Å². The van der Waals surface area contributed by atoms with Crippen LogP contribution in [0.15, 0.2) is 37.1 Å². The highest BCUT2D eigenvalue weighted by Crippen LogP contribution is 2.05. The lowest BCUT2D eigenvalue weighted by molar-refractivity contribution is 0.237. The fourth-order valence-corrected chi connectivity index (χ4v) is 1.63. The predicted molar refractivity (Wildman–Crippen MR) is 76.5 cm³/mol. The second-order valence-electron chi connectivity index (χ2n) is 4.63. The minimum absolute atomic E-state index is 0.155. The second kappa shape index (κ2) is 6.70. The van der Waals surface area contributed by atoms with E-state index in [0.717, 1.165) is 17.8 Å². The maximum absolute atomic E-state index is 11.6. The van der Waals surface area contributed by atoms with Crippen LogP contribution in [0.1, 0.15) is 25.8 Å². The monoisotopic (exact) mass is 273 g/mol. The Hall–Kier alpha value is -2.37. The summed E-state index contributed by atoms with van der Waals surface area (Å²) in [6.07, 6.45) is 7.89. The van der Waals surface area contributed by atoms with Gasteiger partial charge in [0.15, 0.2) is 0 Å². The SMILES string of the molecule is CC[C@@H](C)NC(=O)NCc1ccc(-n2ccnc2)nc1. The third-order valence-corrected chi connectivity index (χ3v) is 3.02. The third kappa shape index (κ3) is 3.81. The molecule has 0 aliphatic heterocycles. The smallest absolute Gasteiger partial charge is 0.315 e. The molecule has 0 spiro atoms. The standard InChI is InChI=1S/C14H19N5O/c1-3-11(2)18-14(20)17-9-12-4-5-13(16-8-12)19-7-6-15-10-19/h4-8,10-11H,3,9H2,1-2H3,(H2,17,18,20)/t11-/m1/s1. The Kier molecular flexibility index (Phi) is 4.70. The summed E-state index contributed by atoms with van der Waals surface area (Å²) < 4.78 is 1.83. The second-order valence-corrected chi connectivity index (χ2v) is 4.63. The first-order valence-corrected chi connectivity index (χ1v) is 6.66. The molecular weight excluding hydrogens is 254 g/mol. The molecular formula is C14H19N5O. The Bertz CT molecular complexity index is 535. The molecule has 0 aliphatic rings. The predicted octanol–water partition coefficient (Wildman–Crippen LogP) is 1.86. The molecule has 0 unspecified atom stereocenters. The number of nitrogens with zero attached hydrogens (tertiary/aromatic N) is 3. The molecule has 2 N–H and O–H groups in total. The molecule has 1 atom stereocenters. The highest BCUT2D eigenvalue weighted by molar-refractivity contribution is 5.74. The van der Waals surface area contributed by atoms with Gasteiger partial charge in [-0.15, -0.1) is 0 Å². The van der Waals surface area contributed by atoms with Gasteiger partial charge in [-0.3, -0.25) is 4.57 Å². The Morgan fingerprint density at radius 2 is 2.30 bits per heavy atom. The van der Waals surface area contributed by atoms with Crippen molar-refractivity contribution < 1.29 is 4.79 Å². The van der Waals surface area contributed by atoms with E-state index in [1.54, 1.807) is 18.7 Å². The summed E-state index contributed by atoms with van der Waals surface area (Å²) in [5.41, 5.74) is 0.952. The van der Waals surface area contributed by atoms with Crippen molar-refractivity contribution in [1.82, 2.24) is 25.2 Å². The van der Waals surface area contributed by atoms with Crippen molar-refractivity contribution in [3.63, 3.8) is 0 Å². The van der Waals surface area contributed by atoms with Crippen LogP contribution in [0.5, 0.6) is 0 Å². The van der Waals surface area contributed by atoms with Crippen LogP contribution in [0.2, 0.25) is 0 Å². The van der Waals surface area contributed by atoms with E-state index in [0.29, 0.717) is 6.54 Å². The van der Waals surface area contributed by atoms with E-state index < -0.39 is 0 Å². The molecule has 0 radical (unpaired) electrons. The summed E-state index contributed by atoms with van der Waals surface area (Å²) in [6.45, 7) is 4.46. The molecule has 2 aromatic rings. The normalized spacial score (nSPS) is 11.9. The number of rotatable bonds is 5. The summed E-state index contributed by atoms with van der Waals surface area (Å²) in [6, 6.07) is 3.85. The fraction of sp³-hybridized carbons (Fsp3) is 0.357. The molecule has 6 nitrogen and oxygen atoms in total. The van der Waals surface area contributed by atoms with E-state index in [9.17, 15) is 4.79 Å². The third-order valence-electron chi connectivity index (χ3n) is 3.02. The summed E-state index contributed by atoms with van der Waals surface area (Å²) in [4.78, 5) is 19.9. The van der Waals surface area contributed by atoms with Crippen LogP contribution in [0.4, 0.5) is 4.79 Å². The highest BCUT2D eigenvalue weighted by Gasteiger charge is 2.04. The van der Waals surface area contributed by atoms with Crippen molar-refractivity contribution in [2.45, 2.75) is 32.9 Å². The largest absolute Gasteiger partial charge is 0.336 e. The van der Waals surface area contributed by atoms with Crippen molar-refractivity contribution in [2.24, 2.45) is 0 Å². The average Bonchev–Trinajstić information content (AvgIpc) is 2.99. The molecule has 0 fully saturated rings. The van der Waals surface area contributed by atoms with Crippen LogP contribution in [-0.2, 0) is 6.54 Å². The number of imidazole rings is 1. The van der Waals surface area contributed by atoms with Gasteiger partial charge in [-0.1, -0.05) is 13.0 Å². The fourth-order valence-electron chi connectivity index (χ4n) is 1.63. The molecule has 2 aromatic heterocycles. The maximum atomic E-state index is 11.6. The van der Waals surface area contributed by atoms with Gasteiger partial charge in [-0.2, -0.15) is 0 Å². The molecule has 6 heteroatoms. The Morgan fingerprint density at radius 1 is 1.45 bits per heavy atom. The van der Waals surface area contributed by atoms with Gasteiger partial charge in [0.25, 0.3) is 0 Å². The minimum atomic E-state index is -0.155. The van der Waals surface area contributed by atoms with Crippen molar-refractivity contribution in [1.29, 1.82) is 0 Å². The number of amides is 2. The number of hydrogen-bond donors (Lipinski definition) is 2.